The molecule has 1 heterocycles. The molecule has 0 aromatic carbocycles. The summed E-state index contributed by atoms with van der Waals surface area (Å²) in [4.78, 5) is 7.72. The number of aromatic nitrogens is 1. The Balaban J connectivity index is 2.34. The van der Waals surface area contributed by atoms with Gasteiger partial charge in [-0.15, -0.1) is 11.3 Å². The SMILES string of the molecule is COCCN(CCBr)Cc1cncs1. The number of hydrogen-bond acceptors (Lipinski definition) is 4. The van der Waals surface area contributed by atoms with Gasteiger partial charge in [-0.05, 0) is 0 Å². The van der Waals surface area contributed by atoms with E-state index in [9.17, 15) is 0 Å². The van der Waals surface area contributed by atoms with Crippen molar-refractivity contribution in [1.82, 2.24) is 9.88 Å². The van der Waals surface area contributed by atoms with E-state index in [0.717, 1.165) is 31.6 Å². The Morgan fingerprint density at radius 3 is 3.00 bits per heavy atom. The van der Waals surface area contributed by atoms with Gasteiger partial charge in [0, 0.05) is 43.1 Å². The van der Waals surface area contributed by atoms with Crippen molar-refractivity contribution in [2.45, 2.75) is 6.54 Å². The van der Waals surface area contributed by atoms with Gasteiger partial charge in [-0.2, -0.15) is 0 Å². The highest BCUT2D eigenvalue weighted by molar-refractivity contribution is 9.09. The van der Waals surface area contributed by atoms with E-state index < -0.39 is 0 Å². The Kier molecular flexibility index (Phi) is 6.34. The van der Waals surface area contributed by atoms with Crippen LogP contribution in [-0.4, -0.2) is 42.0 Å². The fourth-order valence-electron chi connectivity index (χ4n) is 1.15. The van der Waals surface area contributed by atoms with E-state index in [1.165, 1.54) is 4.88 Å². The quantitative estimate of drug-likeness (QED) is 0.714. The molecule has 3 nitrogen and oxygen atoms in total. The molecule has 0 aliphatic rings. The van der Waals surface area contributed by atoms with Gasteiger partial charge >= 0.3 is 0 Å². The molecule has 14 heavy (non-hydrogen) atoms. The molecule has 0 N–H and O–H groups in total. The van der Waals surface area contributed by atoms with Gasteiger partial charge in [0.25, 0.3) is 0 Å². The molecule has 0 saturated heterocycles. The molecule has 1 aromatic rings. The fourth-order valence-corrected chi connectivity index (χ4v) is 2.29. The number of ether oxygens (including phenoxy) is 1. The van der Waals surface area contributed by atoms with Crippen molar-refractivity contribution >= 4 is 27.3 Å². The summed E-state index contributed by atoms with van der Waals surface area (Å²) in [5.74, 6) is 0. The minimum atomic E-state index is 0.784. The lowest BCUT2D eigenvalue weighted by Crippen LogP contribution is -2.28. The molecule has 1 rings (SSSR count). The zero-order chi connectivity index (χ0) is 10.2. The van der Waals surface area contributed by atoms with Crippen molar-refractivity contribution in [3.63, 3.8) is 0 Å². The third-order valence-electron chi connectivity index (χ3n) is 1.88. The summed E-state index contributed by atoms with van der Waals surface area (Å²) in [6.45, 7) is 3.77. The Bertz CT molecular complexity index is 231. The lowest BCUT2D eigenvalue weighted by Gasteiger charge is -2.19. The highest BCUT2D eigenvalue weighted by Crippen LogP contribution is 2.09. The van der Waals surface area contributed by atoms with Crippen molar-refractivity contribution in [3.05, 3.63) is 16.6 Å². The van der Waals surface area contributed by atoms with Crippen LogP contribution in [0.1, 0.15) is 4.88 Å². The molecule has 0 unspecified atom stereocenters. The predicted octanol–water partition coefficient (Wildman–Crippen LogP) is 1.99. The van der Waals surface area contributed by atoms with Crippen molar-refractivity contribution in [1.29, 1.82) is 0 Å². The van der Waals surface area contributed by atoms with Gasteiger partial charge in [-0.1, -0.05) is 15.9 Å². The molecule has 0 bridgehead atoms. The Hall–Kier alpha value is 0.0300. The van der Waals surface area contributed by atoms with Gasteiger partial charge in [0.2, 0.25) is 0 Å². The van der Waals surface area contributed by atoms with Crippen LogP contribution in [0.2, 0.25) is 0 Å². The van der Waals surface area contributed by atoms with E-state index in [1.54, 1.807) is 18.4 Å². The van der Waals surface area contributed by atoms with E-state index in [4.69, 9.17) is 4.74 Å². The molecule has 0 atom stereocenters. The average molecular weight is 279 g/mol. The molecule has 0 amide bonds. The van der Waals surface area contributed by atoms with Gasteiger partial charge in [-0.25, -0.2) is 0 Å². The maximum Gasteiger partial charge on any atom is 0.0794 e. The number of hydrogen-bond donors (Lipinski definition) is 0. The molecule has 0 saturated carbocycles. The highest BCUT2D eigenvalue weighted by atomic mass is 79.9. The lowest BCUT2D eigenvalue weighted by molar-refractivity contribution is 0.149. The molecule has 0 spiro atoms. The number of methoxy groups -OCH3 is 1. The fraction of sp³-hybridized carbons (Fsp3) is 0.667. The minimum absolute atomic E-state index is 0.784. The van der Waals surface area contributed by atoms with Crippen molar-refractivity contribution < 1.29 is 4.74 Å². The summed E-state index contributed by atoms with van der Waals surface area (Å²) in [6, 6.07) is 0. The summed E-state index contributed by atoms with van der Waals surface area (Å²) >= 11 is 5.15. The van der Waals surface area contributed by atoms with Gasteiger partial charge in [-0.3, -0.25) is 9.88 Å². The van der Waals surface area contributed by atoms with E-state index in [-0.39, 0.29) is 0 Å². The maximum absolute atomic E-state index is 5.07. The first-order valence-electron chi connectivity index (χ1n) is 4.51. The van der Waals surface area contributed by atoms with Crippen molar-refractivity contribution in [2.75, 3.05) is 32.1 Å². The average Bonchev–Trinajstić information content (AvgIpc) is 2.67. The third kappa shape index (κ3) is 4.50. The molecular weight excluding hydrogens is 264 g/mol. The Labute approximate surface area is 97.2 Å². The maximum atomic E-state index is 5.07. The van der Waals surface area contributed by atoms with Gasteiger partial charge < -0.3 is 4.74 Å². The van der Waals surface area contributed by atoms with Crippen LogP contribution in [0, 0.1) is 0 Å². The molecule has 0 aliphatic heterocycles. The molecule has 0 aliphatic carbocycles. The predicted molar refractivity (Wildman–Crippen MR) is 63.1 cm³/mol. The molecule has 5 heteroatoms. The van der Waals surface area contributed by atoms with Gasteiger partial charge in [0.1, 0.15) is 0 Å². The zero-order valence-corrected chi connectivity index (χ0v) is 10.7. The molecule has 0 radical (unpaired) electrons. The molecular formula is C9H15BrN2OS. The van der Waals surface area contributed by atoms with E-state index >= 15 is 0 Å². The second-order valence-corrected chi connectivity index (χ2v) is 4.69. The smallest absolute Gasteiger partial charge is 0.0794 e. The summed E-state index contributed by atoms with van der Waals surface area (Å²) in [5, 5.41) is 0.996. The number of nitrogens with zero attached hydrogens (tertiary/aromatic N) is 2. The number of alkyl halides is 1. The van der Waals surface area contributed by atoms with Crippen LogP contribution in [0.25, 0.3) is 0 Å². The molecule has 1 aromatic heterocycles. The van der Waals surface area contributed by atoms with Crippen molar-refractivity contribution in [2.24, 2.45) is 0 Å². The lowest BCUT2D eigenvalue weighted by atomic mass is 10.4. The second kappa shape index (κ2) is 7.34. The van der Waals surface area contributed by atoms with Crippen LogP contribution in [0.15, 0.2) is 11.7 Å². The Morgan fingerprint density at radius 1 is 1.57 bits per heavy atom. The first-order valence-corrected chi connectivity index (χ1v) is 6.51. The number of thiazole rings is 1. The van der Waals surface area contributed by atoms with Crippen LogP contribution in [-0.2, 0) is 11.3 Å². The van der Waals surface area contributed by atoms with E-state index in [1.807, 2.05) is 11.7 Å². The summed E-state index contributed by atoms with van der Waals surface area (Å²) in [5.41, 5.74) is 1.87. The minimum Gasteiger partial charge on any atom is -0.383 e. The normalized spacial score (nSPS) is 11.1. The first-order chi connectivity index (χ1) is 6.86. The molecule has 80 valence electrons. The largest absolute Gasteiger partial charge is 0.383 e. The van der Waals surface area contributed by atoms with Crippen LogP contribution in [0.4, 0.5) is 0 Å². The first kappa shape index (κ1) is 12.1. The van der Waals surface area contributed by atoms with Crippen LogP contribution in [0.3, 0.4) is 0 Å². The summed E-state index contributed by atoms with van der Waals surface area (Å²) < 4.78 is 5.07. The van der Waals surface area contributed by atoms with Crippen LogP contribution < -0.4 is 0 Å². The van der Waals surface area contributed by atoms with E-state index in [2.05, 4.69) is 25.8 Å². The standard InChI is InChI=1S/C9H15BrN2OS/c1-13-5-4-12(3-2-10)7-9-6-11-8-14-9/h6,8H,2-5,7H2,1H3. The monoisotopic (exact) mass is 278 g/mol. The van der Waals surface area contributed by atoms with Crippen LogP contribution in [0.5, 0.6) is 0 Å². The third-order valence-corrected chi connectivity index (χ3v) is 2.99. The number of rotatable bonds is 7. The van der Waals surface area contributed by atoms with Gasteiger partial charge in [0.05, 0.1) is 12.1 Å². The molecule has 0 fully saturated rings. The van der Waals surface area contributed by atoms with Gasteiger partial charge in [0.15, 0.2) is 0 Å². The Morgan fingerprint density at radius 2 is 2.43 bits per heavy atom. The summed E-state index contributed by atoms with van der Waals surface area (Å²) in [7, 11) is 1.74. The second-order valence-electron chi connectivity index (χ2n) is 2.93. The highest BCUT2D eigenvalue weighted by Gasteiger charge is 2.05. The summed E-state index contributed by atoms with van der Waals surface area (Å²) in [6.07, 6.45) is 1.93. The van der Waals surface area contributed by atoms with Crippen LogP contribution >= 0.6 is 27.3 Å². The van der Waals surface area contributed by atoms with E-state index in [0.29, 0.717) is 0 Å². The topological polar surface area (TPSA) is 25.4 Å². The van der Waals surface area contributed by atoms with Crippen molar-refractivity contribution in [3.8, 4) is 0 Å². The zero-order valence-electron chi connectivity index (χ0n) is 8.28. The number of halogens is 1.